The molecule has 0 aliphatic carbocycles. The molecule has 3 heterocycles. The molecule has 0 N–H and O–H groups in total. The maximum Gasteiger partial charge on any atom is 0.303 e. The van der Waals surface area contributed by atoms with Gasteiger partial charge in [-0.3, -0.25) is 10.1 Å². The highest BCUT2D eigenvalue weighted by Gasteiger charge is 2.25. The van der Waals surface area contributed by atoms with E-state index in [-0.39, 0.29) is 10.6 Å². The van der Waals surface area contributed by atoms with Crippen molar-refractivity contribution in [1.82, 2.24) is 4.57 Å². The van der Waals surface area contributed by atoms with Crippen LogP contribution >= 0.6 is 11.3 Å². The van der Waals surface area contributed by atoms with Crippen LogP contribution < -0.4 is 4.90 Å². The standard InChI is InChI=1S/C13H15N3O2S/c17-16(18)12-9-11(10-14-5-1-2-6-14)19-13(12)15-7-3-4-8-15/h1-2,5-6,9H,3-4,7-8,10H2. The lowest BCUT2D eigenvalue weighted by atomic mass is 10.4. The molecule has 100 valence electrons. The fourth-order valence-corrected chi connectivity index (χ4v) is 3.61. The molecular formula is C13H15N3O2S. The minimum atomic E-state index is -0.261. The van der Waals surface area contributed by atoms with E-state index < -0.39 is 0 Å². The summed E-state index contributed by atoms with van der Waals surface area (Å²) < 4.78 is 2.03. The topological polar surface area (TPSA) is 51.3 Å². The predicted molar refractivity (Wildman–Crippen MR) is 76.0 cm³/mol. The van der Waals surface area contributed by atoms with Crippen molar-refractivity contribution in [2.75, 3.05) is 18.0 Å². The minimum Gasteiger partial charge on any atom is -0.358 e. The quantitative estimate of drug-likeness (QED) is 0.637. The summed E-state index contributed by atoms with van der Waals surface area (Å²) in [5.41, 5.74) is 0.258. The van der Waals surface area contributed by atoms with Gasteiger partial charge in [0.05, 0.1) is 11.5 Å². The lowest BCUT2D eigenvalue weighted by molar-refractivity contribution is -0.383. The Labute approximate surface area is 115 Å². The van der Waals surface area contributed by atoms with E-state index in [0.717, 1.165) is 35.8 Å². The summed E-state index contributed by atoms with van der Waals surface area (Å²) in [4.78, 5) is 14.1. The first-order valence-electron chi connectivity index (χ1n) is 6.37. The maximum atomic E-state index is 11.2. The molecule has 2 aromatic heterocycles. The van der Waals surface area contributed by atoms with E-state index in [1.807, 2.05) is 29.1 Å². The molecule has 0 saturated carbocycles. The number of rotatable bonds is 4. The first-order valence-corrected chi connectivity index (χ1v) is 7.18. The van der Waals surface area contributed by atoms with E-state index in [2.05, 4.69) is 4.90 Å². The Morgan fingerprint density at radius 1 is 1.26 bits per heavy atom. The molecule has 19 heavy (non-hydrogen) atoms. The molecule has 0 atom stereocenters. The summed E-state index contributed by atoms with van der Waals surface area (Å²) in [5, 5.41) is 12.0. The minimum absolute atomic E-state index is 0.258. The predicted octanol–water partition coefficient (Wildman–Crippen LogP) is 3.11. The summed E-state index contributed by atoms with van der Waals surface area (Å²) in [5.74, 6) is 0. The van der Waals surface area contributed by atoms with Crippen molar-refractivity contribution >= 4 is 22.0 Å². The van der Waals surface area contributed by atoms with Crippen LogP contribution in [0.3, 0.4) is 0 Å². The van der Waals surface area contributed by atoms with Gasteiger partial charge in [-0.25, -0.2) is 0 Å². The third kappa shape index (κ3) is 2.49. The van der Waals surface area contributed by atoms with E-state index >= 15 is 0 Å². The van der Waals surface area contributed by atoms with E-state index in [4.69, 9.17) is 0 Å². The van der Waals surface area contributed by atoms with Crippen LogP contribution in [0, 0.1) is 10.1 Å². The van der Waals surface area contributed by atoms with Gasteiger partial charge in [-0.05, 0) is 25.0 Å². The van der Waals surface area contributed by atoms with Crippen molar-refractivity contribution < 1.29 is 4.92 Å². The zero-order valence-corrected chi connectivity index (χ0v) is 11.3. The van der Waals surface area contributed by atoms with Gasteiger partial charge in [0.1, 0.15) is 0 Å². The Kier molecular flexibility index (Phi) is 3.25. The van der Waals surface area contributed by atoms with Crippen LogP contribution in [0.2, 0.25) is 0 Å². The molecule has 0 radical (unpaired) electrons. The van der Waals surface area contributed by atoms with Crippen LogP contribution in [-0.4, -0.2) is 22.6 Å². The lowest BCUT2D eigenvalue weighted by Gasteiger charge is -2.13. The first-order chi connectivity index (χ1) is 9.24. The van der Waals surface area contributed by atoms with Crippen LogP contribution in [-0.2, 0) is 6.54 Å². The Balaban J connectivity index is 1.89. The zero-order valence-electron chi connectivity index (χ0n) is 10.5. The largest absolute Gasteiger partial charge is 0.358 e. The average Bonchev–Trinajstić information content (AvgIpc) is 3.09. The third-order valence-corrected chi connectivity index (χ3v) is 4.51. The maximum absolute atomic E-state index is 11.2. The molecule has 1 aliphatic rings. The number of thiophene rings is 1. The highest BCUT2D eigenvalue weighted by Crippen LogP contribution is 2.39. The number of hydrogen-bond acceptors (Lipinski definition) is 4. The van der Waals surface area contributed by atoms with Gasteiger partial charge in [0, 0.05) is 36.4 Å². The molecule has 5 nitrogen and oxygen atoms in total. The van der Waals surface area contributed by atoms with Crippen molar-refractivity contribution in [3.8, 4) is 0 Å². The van der Waals surface area contributed by atoms with Crippen LogP contribution in [0.4, 0.5) is 10.7 Å². The van der Waals surface area contributed by atoms with Gasteiger partial charge in [0.25, 0.3) is 0 Å². The highest BCUT2D eigenvalue weighted by molar-refractivity contribution is 7.16. The molecular weight excluding hydrogens is 262 g/mol. The molecule has 0 aromatic carbocycles. The first kappa shape index (κ1) is 12.2. The van der Waals surface area contributed by atoms with Crippen molar-refractivity contribution in [2.24, 2.45) is 0 Å². The summed E-state index contributed by atoms with van der Waals surface area (Å²) >= 11 is 1.55. The number of nitrogens with zero attached hydrogens (tertiary/aromatic N) is 3. The van der Waals surface area contributed by atoms with Gasteiger partial charge in [-0.15, -0.1) is 11.3 Å². The molecule has 3 rings (SSSR count). The van der Waals surface area contributed by atoms with E-state index in [0.29, 0.717) is 6.54 Å². The Morgan fingerprint density at radius 2 is 1.95 bits per heavy atom. The number of anilines is 1. The summed E-state index contributed by atoms with van der Waals surface area (Å²) in [6.07, 6.45) is 6.20. The smallest absolute Gasteiger partial charge is 0.303 e. The van der Waals surface area contributed by atoms with Crippen LogP contribution in [0.1, 0.15) is 17.7 Å². The van der Waals surface area contributed by atoms with Crippen molar-refractivity contribution in [1.29, 1.82) is 0 Å². The Morgan fingerprint density at radius 3 is 2.58 bits per heavy atom. The van der Waals surface area contributed by atoms with E-state index in [1.165, 1.54) is 0 Å². The second kappa shape index (κ2) is 5.05. The van der Waals surface area contributed by atoms with Gasteiger partial charge in [-0.1, -0.05) is 0 Å². The molecule has 0 bridgehead atoms. The van der Waals surface area contributed by atoms with Gasteiger partial charge in [0.2, 0.25) is 0 Å². The zero-order chi connectivity index (χ0) is 13.2. The molecule has 0 unspecified atom stereocenters. The van der Waals surface area contributed by atoms with Gasteiger partial charge in [-0.2, -0.15) is 0 Å². The molecule has 1 fully saturated rings. The fraction of sp³-hybridized carbons (Fsp3) is 0.385. The summed E-state index contributed by atoms with van der Waals surface area (Å²) in [6.45, 7) is 2.57. The Bertz CT molecular complexity index is 571. The highest BCUT2D eigenvalue weighted by atomic mass is 32.1. The van der Waals surface area contributed by atoms with Crippen LogP contribution in [0.15, 0.2) is 30.6 Å². The van der Waals surface area contributed by atoms with E-state index in [1.54, 1.807) is 17.4 Å². The molecule has 6 heteroatoms. The third-order valence-electron chi connectivity index (χ3n) is 3.34. The SMILES string of the molecule is O=[N+]([O-])c1cc(Cn2cccc2)sc1N1CCCC1. The van der Waals surface area contributed by atoms with Crippen molar-refractivity contribution in [3.63, 3.8) is 0 Å². The van der Waals surface area contributed by atoms with Crippen LogP contribution in [0.5, 0.6) is 0 Å². The molecule has 0 amide bonds. The van der Waals surface area contributed by atoms with Crippen LogP contribution in [0.25, 0.3) is 0 Å². The number of hydrogen-bond donors (Lipinski definition) is 0. The fourth-order valence-electron chi connectivity index (χ4n) is 2.43. The summed E-state index contributed by atoms with van der Waals surface area (Å²) in [7, 11) is 0. The molecule has 1 aliphatic heterocycles. The second-order valence-corrected chi connectivity index (χ2v) is 5.82. The van der Waals surface area contributed by atoms with Crippen molar-refractivity contribution in [3.05, 3.63) is 45.6 Å². The second-order valence-electron chi connectivity index (χ2n) is 4.71. The normalized spacial score (nSPS) is 15.1. The Hall–Kier alpha value is -1.82. The number of nitro groups is 1. The van der Waals surface area contributed by atoms with Gasteiger partial charge >= 0.3 is 5.69 Å². The van der Waals surface area contributed by atoms with Crippen molar-refractivity contribution in [2.45, 2.75) is 19.4 Å². The summed E-state index contributed by atoms with van der Waals surface area (Å²) in [6, 6.07) is 5.64. The van der Waals surface area contributed by atoms with Gasteiger partial charge in [0.15, 0.2) is 5.00 Å². The van der Waals surface area contributed by atoms with Gasteiger partial charge < -0.3 is 9.47 Å². The number of aromatic nitrogens is 1. The van der Waals surface area contributed by atoms with E-state index in [9.17, 15) is 10.1 Å². The average molecular weight is 277 g/mol. The lowest BCUT2D eigenvalue weighted by Crippen LogP contribution is -2.17. The molecule has 0 spiro atoms. The molecule has 2 aromatic rings. The monoisotopic (exact) mass is 277 g/mol. The molecule has 1 saturated heterocycles.